The predicted octanol–water partition coefficient (Wildman–Crippen LogP) is 3.02. The number of ether oxygens (including phenoxy) is 2. The molecule has 0 unspecified atom stereocenters. The lowest BCUT2D eigenvalue weighted by molar-refractivity contribution is -0.145. The molecular weight excluding hydrogens is 582 g/mol. The Morgan fingerprint density at radius 1 is 1.00 bits per heavy atom. The van der Waals surface area contributed by atoms with Gasteiger partial charge in [0.05, 0.1) is 13.1 Å². The van der Waals surface area contributed by atoms with Crippen LogP contribution in [-0.2, 0) is 36.9 Å². The zero-order valence-electron chi connectivity index (χ0n) is 25.3. The van der Waals surface area contributed by atoms with E-state index in [1.54, 1.807) is 12.4 Å². The van der Waals surface area contributed by atoms with E-state index in [4.69, 9.17) is 9.47 Å². The second-order valence-corrected chi connectivity index (χ2v) is 12.9. The van der Waals surface area contributed by atoms with Crippen molar-refractivity contribution in [2.75, 3.05) is 6.54 Å². The minimum absolute atomic E-state index is 0.00109. The molecule has 4 amide bonds. The van der Waals surface area contributed by atoms with Crippen molar-refractivity contribution >= 4 is 30.0 Å². The fraction of sp³-hybridized carbons (Fsp3) is 0.625. The Bertz CT molecular complexity index is 1340. The number of hydrogen-bond donors (Lipinski definition) is 3. The van der Waals surface area contributed by atoms with Gasteiger partial charge in [0.1, 0.15) is 29.8 Å². The lowest BCUT2D eigenvalue weighted by atomic mass is 10.0. The van der Waals surface area contributed by atoms with Crippen LogP contribution in [0.5, 0.6) is 0 Å². The highest BCUT2D eigenvalue weighted by atomic mass is 16.6. The number of allylic oxidation sites excluding steroid dienone is 1. The summed E-state index contributed by atoms with van der Waals surface area (Å²) >= 11 is 0. The minimum Gasteiger partial charge on any atom is -0.479 e. The average molecular weight is 624 g/mol. The van der Waals surface area contributed by atoms with E-state index >= 15 is 0 Å². The molecule has 45 heavy (non-hydrogen) atoms. The molecule has 2 saturated carbocycles. The number of pyridine rings is 1. The van der Waals surface area contributed by atoms with E-state index in [1.807, 2.05) is 18.2 Å². The van der Waals surface area contributed by atoms with Gasteiger partial charge in [0.15, 0.2) is 0 Å². The summed E-state index contributed by atoms with van der Waals surface area (Å²) < 4.78 is 11.4. The third-order valence-electron chi connectivity index (χ3n) is 9.74. The number of amides is 4. The minimum atomic E-state index is -1.45. The molecule has 1 aromatic heterocycles. The first-order valence-electron chi connectivity index (χ1n) is 16.1. The van der Waals surface area contributed by atoms with Crippen molar-refractivity contribution in [2.24, 2.45) is 5.92 Å². The number of alkyl carbamates (subject to hydrolysis) is 1. The Labute approximate surface area is 261 Å². The van der Waals surface area contributed by atoms with Crippen LogP contribution in [0.25, 0.3) is 0 Å². The maximum absolute atomic E-state index is 14.1. The summed E-state index contributed by atoms with van der Waals surface area (Å²) in [7, 11) is 0. The largest absolute Gasteiger partial charge is 0.479 e. The molecule has 13 heteroatoms. The van der Waals surface area contributed by atoms with Crippen LogP contribution >= 0.6 is 0 Å². The Morgan fingerprint density at radius 2 is 1.78 bits per heavy atom. The molecule has 6 rings (SSSR count). The van der Waals surface area contributed by atoms with Gasteiger partial charge in [-0.3, -0.25) is 19.5 Å². The summed E-state index contributed by atoms with van der Waals surface area (Å²) in [4.78, 5) is 73.2. The molecule has 1 saturated heterocycles. The monoisotopic (exact) mass is 623 g/mol. The number of fused-ring (bicyclic) bond motifs is 3. The Morgan fingerprint density at radius 3 is 2.56 bits per heavy atom. The lowest BCUT2D eigenvalue weighted by Gasteiger charge is -2.29. The number of aromatic nitrogens is 1. The number of nitrogens with one attached hydrogen (secondary N) is 2. The number of hydrogen-bond acceptors (Lipinski definition) is 8. The summed E-state index contributed by atoms with van der Waals surface area (Å²) in [6, 6.07) is -0.189. The molecule has 0 aromatic carbocycles. The molecule has 3 N–H and O–H groups in total. The number of carboxylic acid groups (broad SMARTS) is 1. The van der Waals surface area contributed by atoms with Gasteiger partial charge in [-0.2, -0.15) is 0 Å². The van der Waals surface area contributed by atoms with Crippen molar-refractivity contribution in [3.05, 3.63) is 41.7 Å². The Kier molecular flexibility index (Phi) is 8.95. The first-order chi connectivity index (χ1) is 21.7. The van der Waals surface area contributed by atoms with Crippen molar-refractivity contribution < 1.29 is 38.6 Å². The van der Waals surface area contributed by atoms with Crippen molar-refractivity contribution in [3.8, 4) is 0 Å². The third-order valence-corrected chi connectivity index (χ3v) is 9.74. The van der Waals surface area contributed by atoms with Gasteiger partial charge in [-0.05, 0) is 68.6 Å². The highest BCUT2D eigenvalue weighted by molar-refractivity contribution is 5.96. The predicted molar refractivity (Wildman–Crippen MR) is 158 cm³/mol. The molecule has 3 aliphatic heterocycles. The molecule has 3 fully saturated rings. The highest BCUT2D eigenvalue weighted by Crippen LogP contribution is 2.45. The quantitative estimate of drug-likeness (QED) is 0.427. The van der Waals surface area contributed by atoms with Crippen molar-refractivity contribution in [1.29, 1.82) is 0 Å². The normalized spacial score (nSPS) is 31.0. The van der Waals surface area contributed by atoms with Crippen LogP contribution in [0.15, 0.2) is 30.6 Å². The van der Waals surface area contributed by atoms with Crippen molar-refractivity contribution in [1.82, 2.24) is 25.4 Å². The first kappa shape index (κ1) is 30.8. The van der Waals surface area contributed by atoms with E-state index < -0.39 is 53.7 Å². The molecule has 0 bridgehead atoms. The third kappa shape index (κ3) is 6.76. The molecule has 5 atom stereocenters. The molecule has 2 aliphatic carbocycles. The van der Waals surface area contributed by atoms with E-state index in [1.165, 1.54) is 9.80 Å². The number of carbonyl (C=O) groups is 5. The van der Waals surface area contributed by atoms with Crippen molar-refractivity contribution in [3.63, 3.8) is 0 Å². The van der Waals surface area contributed by atoms with Crippen LogP contribution in [0.1, 0.15) is 81.8 Å². The van der Waals surface area contributed by atoms with E-state index in [-0.39, 0.29) is 31.4 Å². The van der Waals surface area contributed by atoms with Crippen LogP contribution in [0.4, 0.5) is 9.59 Å². The van der Waals surface area contributed by atoms with Gasteiger partial charge < -0.3 is 30.1 Å². The van der Waals surface area contributed by atoms with Gasteiger partial charge in [-0.1, -0.05) is 25.0 Å². The molecule has 13 nitrogen and oxygen atoms in total. The van der Waals surface area contributed by atoms with Gasteiger partial charge in [0.25, 0.3) is 0 Å². The van der Waals surface area contributed by atoms with Crippen LogP contribution in [0.2, 0.25) is 0 Å². The number of carboxylic acids is 1. The van der Waals surface area contributed by atoms with Crippen LogP contribution in [0.3, 0.4) is 0 Å². The van der Waals surface area contributed by atoms with Crippen LogP contribution in [0, 0.1) is 5.92 Å². The topological polar surface area (TPSA) is 167 Å². The summed E-state index contributed by atoms with van der Waals surface area (Å²) in [6.07, 6.45) is 12.1. The van der Waals surface area contributed by atoms with Gasteiger partial charge in [0, 0.05) is 31.3 Å². The molecule has 1 aromatic rings. The second-order valence-electron chi connectivity index (χ2n) is 12.9. The van der Waals surface area contributed by atoms with Gasteiger partial charge in [0.2, 0.25) is 11.8 Å². The Balaban J connectivity index is 1.20. The summed E-state index contributed by atoms with van der Waals surface area (Å²) in [6.45, 7) is 0.637. The SMILES string of the molecule is O=C(N[C@H]1CCCCC/C=C\[C@@H]2C[C@@]2(C(=O)O)NC(=O)[C@@H]2C[C@@H](OC(=O)N3Cc4ccncc4C3)CN2C1=O)OC1CCCC1. The molecule has 4 heterocycles. The maximum Gasteiger partial charge on any atom is 0.410 e. The molecule has 242 valence electrons. The van der Waals surface area contributed by atoms with Crippen LogP contribution in [-0.4, -0.2) is 86.2 Å². The van der Waals surface area contributed by atoms with Gasteiger partial charge in [-0.15, -0.1) is 0 Å². The fourth-order valence-corrected chi connectivity index (χ4v) is 7.05. The fourth-order valence-electron chi connectivity index (χ4n) is 7.05. The summed E-state index contributed by atoms with van der Waals surface area (Å²) in [5, 5.41) is 15.5. The standard InChI is InChI=1S/C32H41N5O8/c38-27-26-14-24(45-31(43)36-17-20-12-13-33-16-21(20)18-36)19-37(26)28(39)25(34-30(42)44-23-9-6-7-10-23)11-5-3-1-2-4-8-22-15-32(22,35-27)29(40)41/h4,8,12-13,16,22-26H,1-3,5-7,9-11,14-15,17-19H2,(H,34,42)(H,35,38)(H,40,41)/b8-4-/t22-,24-,25+,26+,32-/m1/s1. The Hall–Kier alpha value is -4.16. The zero-order chi connectivity index (χ0) is 31.6. The van der Waals surface area contributed by atoms with E-state index in [0.717, 1.165) is 56.1 Å². The number of carbonyl (C=O) groups excluding carboxylic acids is 4. The van der Waals surface area contributed by atoms with Crippen molar-refractivity contribution in [2.45, 2.75) is 114 Å². The molecule has 0 radical (unpaired) electrons. The van der Waals surface area contributed by atoms with E-state index in [2.05, 4.69) is 15.6 Å². The number of aliphatic carboxylic acids is 1. The van der Waals surface area contributed by atoms with E-state index in [0.29, 0.717) is 25.9 Å². The van der Waals surface area contributed by atoms with Gasteiger partial charge in [-0.25, -0.2) is 14.4 Å². The zero-order valence-corrected chi connectivity index (χ0v) is 25.3. The average Bonchev–Trinajstić information content (AvgIpc) is 3.43. The first-order valence-corrected chi connectivity index (χ1v) is 16.1. The van der Waals surface area contributed by atoms with Crippen LogP contribution < -0.4 is 10.6 Å². The summed E-state index contributed by atoms with van der Waals surface area (Å²) in [5.74, 6) is -2.59. The smallest absolute Gasteiger partial charge is 0.410 e. The molecule has 0 spiro atoms. The maximum atomic E-state index is 14.1. The lowest BCUT2D eigenvalue weighted by Crippen LogP contribution is -2.56. The second kappa shape index (κ2) is 13.1. The number of nitrogens with zero attached hydrogens (tertiary/aromatic N) is 3. The molecule has 5 aliphatic rings. The van der Waals surface area contributed by atoms with Gasteiger partial charge >= 0.3 is 18.2 Å². The highest BCUT2D eigenvalue weighted by Gasteiger charge is 2.61. The summed E-state index contributed by atoms with van der Waals surface area (Å²) in [5.41, 5.74) is 0.449. The van der Waals surface area contributed by atoms with E-state index in [9.17, 15) is 29.1 Å². The molecular formula is C32H41N5O8. The number of rotatable bonds is 4.